The van der Waals surface area contributed by atoms with Gasteiger partial charge in [0.05, 0.1) is 12.7 Å². The molecule has 1 aliphatic heterocycles. The van der Waals surface area contributed by atoms with Gasteiger partial charge in [-0.25, -0.2) is 4.79 Å². The number of ether oxygens (including phenoxy) is 1. The van der Waals surface area contributed by atoms with Crippen LogP contribution in [-0.4, -0.2) is 13.1 Å². The van der Waals surface area contributed by atoms with Gasteiger partial charge in [0.1, 0.15) is 11.4 Å². The van der Waals surface area contributed by atoms with E-state index in [-0.39, 0.29) is 0 Å². The van der Waals surface area contributed by atoms with Gasteiger partial charge in [0.25, 0.3) is 0 Å². The van der Waals surface area contributed by atoms with Gasteiger partial charge in [0.2, 0.25) is 0 Å². The standard InChI is InChI=1S/C8H6N3O2/c1-13-8(12)5-3-2-4-6-7(5)10-11-9-6/h2-4H,1H3. The van der Waals surface area contributed by atoms with Gasteiger partial charge < -0.3 is 4.74 Å². The van der Waals surface area contributed by atoms with Gasteiger partial charge in [0.15, 0.2) is 0 Å². The number of fused-ring (bicyclic) bond motifs is 1. The molecular formula is C8H6N3O2. The van der Waals surface area contributed by atoms with Gasteiger partial charge in [0, 0.05) is 0 Å². The zero-order valence-electron chi connectivity index (χ0n) is 6.89. The van der Waals surface area contributed by atoms with Crippen LogP contribution in [0.1, 0.15) is 10.4 Å². The molecule has 0 unspecified atom stereocenters. The summed E-state index contributed by atoms with van der Waals surface area (Å²) in [6, 6.07) is 5.08. The molecule has 2 rings (SSSR count). The first-order valence-electron chi connectivity index (χ1n) is 3.66. The SMILES string of the molecule is COC(=O)c1cccc2c1N=N[N]2. The van der Waals surface area contributed by atoms with Crippen molar-refractivity contribution in [1.29, 1.82) is 0 Å². The lowest BCUT2D eigenvalue weighted by Gasteiger charge is -2.00. The Morgan fingerprint density at radius 2 is 2.31 bits per heavy atom. The van der Waals surface area contributed by atoms with Gasteiger partial charge in [-0.2, -0.15) is 0 Å². The third kappa shape index (κ3) is 1.14. The Balaban J connectivity index is 2.52. The van der Waals surface area contributed by atoms with E-state index in [4.69, 9.17) is 0 Å². The second kappa shape index (κ2) is 2.85. The minimum absolute atomic E-state index is 0.394. The van der Waals surface area contributed by atoms with E-state index in [9.17, 15) is 4.79 Å². The zero-order chi connectivity index (χ0) is 9.26. The van der Waals surface area contributed by atoms with Crippen molar-refractivity contribution in [2.75, 3.05) is 7.11 Å². The molecule has 1 radical (unpaired) electrons. The highest BCUT2D eigenvalue weighted by Crippen LogP contribution is 2.34. The van der Waals surface area contributed by atoms with Gasteiger partial charge in [-0.05, 0) is 17.4 Å². The fraction of sp³-hybridized carbons (Fsp3) is 0.125. The predicted molar refractivity (Wildman–Crippen MR) is 44.1 cm³/mol. The molecule has 0 N–H and O–H groups in total. The first-order valence-corrected chi connectivity index (χ1v) is 3.66. The highest BCUT2D eigenvalue weighted by atomic mass is 16.5. The fourth-order valence-corrected chi connectivity index (χ4v) is 1.11. The lowest BCUT2D eigenvalue weighted by atomic mass is 10.1. The molecule has 1 aliphatic rings. The molecule has 0 saturated heterocycles. The van der Waals surface area contributed by atoms with Crippen LogP contribution in [0.15, 0.2) is 28.5 Å². The van der Waals surface area contributed by atoms with Gasteiger partial charge in [-0.15, -0.1) is 10.5 Å². The van der Waals surface area contributed by atoms with Crippen molar-refractivity contribution < 1.29 is 9.53 Å². The van der Waals surface area contributed by atoms with E-state index in [0.29, 0.717) is 16.9 Å². The predicted octanol–water partition coefficient (Wildman–Crippen LogP) is 1.72. The smallest absolute Gasteiger partial charge is 0.340 e. The van der Waals surface area contributed by atoms with E-state index in [1.54, 1.807) is 18.2 Å². The summed E-state index contributed by atoms with van der Waals surface area (Å²) in [6.45, 7) is 0. The van der Waals surface area contributed by atoms with Crippen molar-refractivity contribution in [3.8, 4) is 0 Å². The summed E-state index contributed by atoms with van der Waals surface area (Å²) in [5.74, 6) is -0.423. The highest BCUT2D eigenvalue weighted by Gasteiger charge is 2.18. The summed E-state index contributed by atoms with van der Waals surface area (Å²) in [4.78, 5) is 11.2. The Kier molecular flexibility index (Phi) is 1.70. The lowest BCUT2D eigenvalue weighted by molar-refractivity contribution is 0.0602. The molecule has 1 aromatic carbocycles. The third-order valence-corrected chi connectivity index (χ3v) is 1.72. The van der Waals surface area contributed by atoms with E-state index < -0.39 is 5.97 Å². The van der Waals surface area contributed by atoms with E-state index in [0.717, 1.165) is 0 Å². The zero-order valence-corrected chi connectivity index (χ0v) is 6.89. The van der Waals surface area contributed by atoms with Crippen LogP contribution in [0.5, 0.6) is 0 Å². The van der Waals surface area contributed by atoms with E-state index in [1.807, 2.05) is 0 Å². The second-order valence-corrected chi connectivity index (χ2v) is 2.45. The fourth-order valence-electron chi connectivity index (χ4n) is 1.11. The maximum atomic E-state index is 11.2. The van der Waals surface area contributed by atoms with Crippen LogP contribution in [0.25, 0.3) is 0 Å². The molecule has 0 aromatic heterocycles. The molecule has 1 heterocycles. The van der Waals surface area contributed by atoms with Gasteiger partial charge in [-0.3, -0.25) is 0 Å². The topological polar surface area (TPSA) is 65.1 Å². The summed E-state index contributed by atoms with van der Waals surface area (Å²) < 4.78 is 4.58. The molecule has 5 nitrogen and oxygen atoms in total. The average Bonchev–Trinajstić information content (AvgIpc) is 2.63. The van der Waals surface area contributed by atoms with Crippen molar-refractivity contribution in [2.24, 2.45) is 10.3 Å². The van der Waals surface area contributed by atoms with E-state index in [2.05, 4.69) is 20.5 Å². The maximum absolute atomic E-state index is 11.2. The van der Waals surface area contributed by atoms with Crippen molar-refractivity contribution in [3.63, 3.8) is 0 Å². The van der Waals surface area contributed by atoms with Crippen molar-refractivity contribution in [3.05, 3.63) is 23.8 Å². The molecule has 0 spiro atoms. The van der Waals surface area contributed by atoms with E-state index in [1.165, 1.54) is 7.11 Å². The van der Waals surface area contributed by atoms with Crippen LogP contribution in [0, 0.1) is 0 Å². The largest absolute Gasteiger partial charge is 0.465 e. The molecule has 0 bridgehead atoms. The number of methoxy groups -OCH3 is 1. The molecule has 0 atom stereocenters. The summed E-state index contributed by atoms with van der Waals surface area (Å²) in [5, 5.41) is 7.20. The van der Waals surface area contributed by atoms with Crippen LogP contribution < -0.4 is 5.43 Å². The number of carbonyl (C=O) groups excluding carboxylic acids is 1. The van der Waals surface area contributed by atoms with Crippen LogP contribution in [0.2, 0.25) is 0 Å². The number of carbonyl (C=O) groups is 1. The molecule has 65 valence electrons. The Morgan fingerprint density at radius 1 is 1.46 bits per heavy atom. The third-order valence-electron chi connectivity index (χ3n) is 1.72. The number of benzene rings is 1. The molecule has 0 amide bonds. The van der Waals surface area contributed by atoms with Crippen LogP contribution in [-0.2, 0) is 4.74 Å². The van der Waals surface area contributed by atoms with Gasteiger partial charge >= 0.3 is 5.97 Å². The summed E-state index contributed by atoms with van der Waals surface area (Å²) >= 11 is 0. The highest BCUT2D eigenvalue weighted by molar-refractivity contribution is 5.97. The van der Waals surface area contributed by atoms with Crippen LogP contribution in [0.3, 0.4) is 0 Å². The molecule has 5 heteroatoms. The number of esters is 1. The van der Waals surface area contributed by atoms with Crippen molar-refractivity contribution in [1.82, 2.24) is 5.43 Å². The minimum Gasteiger partial charge on any atom is -0.465 e. The first kappa shape index (κ1) is 7.72. The Hall–Kier alpha value is -1.91. The van der Waals surface area contributed by atoms with Crippen molar-refractivity contribution in [2.45, 2.75) is 0 Å². The van der Waals surface area contributed by atoms with Gasteiger partial charge in [-0.1, -0.05) is 6.07 Å². The summed E-state index contributed by atoms with van der Waals surface area (Å²) in [6.07, 6.45) is 0. The number of rotatable bonds is 1. The molecule has 1 aromatic rings. The number of nitrogens with zero attached hydrogens (tertiary/aromatic N) is 3. The quantitative estimate of drug-likeness (QED) is 0.611. The second-order valence-electron chi connectivity index (χ2n) is 2.45. The molecule has 0 aliphatic carbocycles. The van der Waals surface area contributed by atoms with Crippen LogP contribution >= 0.6 is 0 Å². The number of hydrogen-bond acceptors (Lipinski definition) is 4. The molecule has 13 heavy (non-hydrogen) atoms. The molecular weight excluding hydrogens is 170 g/mol. The monoisotopic (exact) mass is 176 g/mol. The van der Waals surface area contributed by atoms with Crippen LogP contribution in [0.4, 0.5) is 11.4 Å². The lowest BCUT2D eigenvalue weighted by Crippen LogP contribution is -2.01. The Labute approximate surface area is 74.4 Å². The normalized spacial score (nSPS) is 12.1. The van der Waals surface area contributed by atoms with Crippen molar-refractivity contribution >= 4 is 17.3 Å². The average molecular weight is 176 g/mol. The first-order chi connectivity index (χ1) is 6.33. The Bertz CT molecular complexity index is 387. The minimum atomic E-state index is -0.423. The summed E-state index contributed by atoms with van der Waals surface area (Å²) in [7, 11) is 1.32. The van der Waals surface area contributed by atoms with E-state index >= 15 is 0 Å². The number of hydrogen-bond donors (Lipinski definition) is 0. The Morgan fingerprint density at radius 3 is 3.08 bits per heavy atom. The molecule has 0 fully saturated rings. The maximum Gasteiger partial charge on any atom is 0.340 e. The summed E-state index contributed by atoms with van der Waals surface area (Å²) in [5.41, 5.74) is 5.20. The molecule has 0 saturated carbocycles.